The van der Waals surface area contributed by atoms with Gasteiger partial charge in [-0.1, -0.05) is 6.07 Å². The molecule has 0 N–H and O–H groups in total. The standard InChI is InChI=1S/C19H24N2O4/c22-18-4-1-7-21(18)15-11-20(14-3-2-8-23-19(14)15)10-13-5-6-16-17(9-13)25-12-24-16/h5-6,9,14-15,19H,1-4,7-8,10-12H2/t14-,15-,19+/m1/s1. The Kier molecular flexibility index (Phi) is 3.82. The predicted molar refractivity (Wildman–Crippen MR) is 90.5 cm³/mol. The highest BCUT2D eigenvalue weighted by molar-refractivity contribution is 5.78. The van der Waals surface area contributed by atoms with E-state index < -0.39 is 0 Å². The number of carbonyl (C=O) groups is 1. The summed E-state index contributed by atoms with van der Waals surface area (Å²) in [4.78, 5) is 16.8. The minimum atomic E-state index is 0.157. The molecule has 0 radical (unpaired) electrons. The third-order valence-corrected chi connectivity index (χ3v) is 5.94. The van der Waals surface area contributed by atoms with Gasteiger partial charge in [-0.2, -0.15) is 0 Å². The molecule has 0 aliphatic carbocycles. The smallest absolute Gasteiger partial charge is 0.231 e. The van der Waals surface area contributed by atoms with Gasteiger partial charge in [0, 0.05) is 38.7 Å². The number of rotatable bonds is 3. The molecule has 3 saturated heterocycles. The van der Waals surface area contributed by atoms with E-state index in [-0.39, 0.29) is 12.1 Å². The third kappa shape index (κ3) is 2.68. The third-order valence-electron chi connectivity index (χ3n) is 5.94. The maximum absolute atomic E-state index is 12.3. The Labute approximate surface area is 147 Å². The van der Waals surface area contributed by atoms with Gasteiger partial charge in [-0.15, -0.1) is 0 Å². The first kappa shape index (κ1) is 15.5. The van der Waals surface area contributed by atoms with Gasteiger partial charge in [0.1, 0.15) is 0 Å². The summed E-state index contributed by atoms with van der Waals surface area (Å²) in [6.07, 6.45) is 4.07. The number of amides is 1. The molecule has 4 aliphatic heterocycles. The van der Waals surface area contributed by atoms with Crippen LogP contribution in [0.15, 0.2) is 18.2 Å². The van der Waals surface area contributed by atoms with E-state index in [2.05, 4.69) is 21.9 Å². The van der Waals surface area contributed by atoms with Gasteiger partial charge < -0.3 is 19.1 Å². The summed E-state index contributed by atoms with van der Waals surface area (Å²) in [6, 6.07) is 6.78. The molecule has 6 nitrogen and oxygen atoms in total. The molecule has 3 atom stereocenters. The van der Waals surface area contributed by atoms with Crippen LogP contribution in [0.2, 0.25) is 0 Å². The number of likely N-dealkylation sites (tertiary alicyclic amines) is 2. The summed E-state index contributed by atoms with van der Waals surface area (Å²) in [5, 5.41) is 0. The molecule has 0 aromatic heterocycles. The van der Waals surface area contributed by atoms with Crippen LogP contribution < -0.4 is 9.47 Å². The lowest BCUT2D eigenvalue weighted by Gasteiger charge is -2.34. The Morgan fingerprint density at radius 2 is 2.04 bits per heavy atom. The molecule has 1 aromatic rings. The molecule has 1 amide bonds. The minimum absolute atomic E-state index is 0.157. The van der Waals surface area contributed by atoms with Gasteiger partial charge in [0.2, 0.25) is 12.7 Å². The van der Waals surface area contributed by atoms with Crippen molar-refractivity contribution in [3.63, 3.8) is 0 Å². The average Bonchev–Trinajstić information content (AvgIpc) is 3.34. The fourth-order valence-electron chi connectivity index (χ4n) is 4.78. The van der Waals surface area contributed by atoms with E-state index in [0.717, 1.165) is 57.0 Å². The first-order chi connectivity index (χ1) is 12.3. The number of carbonyl (C=O) groups excluding carboxylic acids is 1. The number of hydrogen-bond donors (Lipinski definition) is 0. The minimum Gasteiger partial charge on any atom is -0.454 e. The van der Waals surface area contributed by atoms with E-state index in [1.807, 2.05) is 6.07 Å². The zero-order chi connectivity index (χ0) is 16.8. The number of benzene rings is 1. The second-order valence-corrected chi connectivity index (χ2v) is 7.42. The average molecular weight is 344 g/mol. The van der Waals surface area contributed by atoms with Crippen molar-refractivity contribution in [2.24, 2.45) is 0 Å². The molecule has 3 fully saturated rings. The van der Waals surface area contributed by atoms with Crippen molar-refractivity contribution >= 4 is 5.91 Å². The summed E-state index contributed by atoms with van der Waals surface area (Å²) >= 11 is 0. The van der Waals surface area contributed by atoms with Gasteiger partial charge in [-0.3, -0.25) is 9.69 Å². The fourth-order valence-corrected chi connectivity index (χ4v) is 4.78. The number of hydrogen-bond acceptors (Lipinski definition) is 5. The Bertz CT molecular complexity index is 679. The molecule has 0 unspecified atom stereocenters. The van der Waals surface area contributed by atoms with Gasteiger partial charge in [-0.25, -0.2) is 0 Å². The van der Waals surface area contributed by atoms with E-state index >= 15 is 0 Å². The van der Waals surface area contributed by atoms with Crippen LogP contribution in [0, 0.1) is 0 Å². The van der Waals surface area contributed by atoms with Gasteiger partial charge >= 0.3 is 0 Å². The molecule has 0 saturated carbocycles. The van der Waals surface area contributed by atoms with Crippen LogP contribution in [0.4, 0.5) is 0 Å². The van der Waals surface area contributed by atoms with Crippen LogP contribution >= 0.6 is 0 Å². The van der Waals surface area contributed by atoms with Crippen molar-refractivity contribution in [3.8, 4) is 11.5 Å². The highest BCUT2D eigenvalue weighted by atomic mass is 16.7. The molecule has 4 heterocycles. The second kappa shape index (κ2) is 6.18. The van der Waals surface area contributed by atoms with E-state index in [1.165, 1.54) is 5.56 Å². The van der Waals surface area contributed by atoms with Crippen LogP contribution in [0.3, 0.4) is 0 Å². The largest absolute Gasteiger partial charge is 0.454 e. The first-order valence-electron chi connectivity index (χ1n) is 9.33. The van der Waals surface area contributed by atoms with Gasteiger partial charge in [0.25, 0.3) is 0 Å². The lowest BCUT2D eigenvalue weighted by Crippen LogP contribution is -2.48. The summed E-state index contributed by atoms with van der Waals surface area (Å²) < 4.78 is 17.1. The van der Waals surface area contributed by atoms with Crippen molar-refractivity contribution < 1.29 is 19.0 Å². The lowest BCUT2D eigenvalue weighted by atomic mass is 10.00. The first-order valence-corrected chi connectivity index (χ1v) is 9.33. The molecule has 1 aromatic carbocycles. The van der Waals surface area contributed by atoms with E-state index in [4.69, 9.17) is 14.2 Å². The highest BCUT2D eigenvalue weighted by Crippen LogP contribution is 2.36. The van der Waals surface area contributed by atoms with Gasteiger partial charge in [0.15, 0.2) is 11.5 Å². The van der Waals surface area contributed by atoms with Gasteiger partial charge in [0.05, 0.1) is 12.1 Å². The maximum atomic E-state index is 12.3. The Morgan fingerprint density at radius 1 is 1.12 bits per heavy atom. The normalized spacial score (nSPS) is 31.6. The van der Waals surface area contributed by atoms with Crippen LogP contribution in [-0.4, -0.2) is 60.4 Å². The summed E-state index contributed by atoms with van der Waals surface area (Å²) in [6.45, 7) is 3.76. The molecule has 0 spiro atoms. The fraction of sp³-hybridized carbons (Fsp3) is 0.632. The van der Waals surface area contributed by atoms with Crippen LogP contribution in [0.25, 0.3) is 0 Å². The summed E-state index contributed by atoms with van der Waals surface area (Å²) in [5.41, 5.74) is 1.22. The highest BCUT2D eigenvalue weighted by Gasteiger charge is 2.48. The van der Waals surface area contributed by atoms with Crippen molar-refractivity contribution in [1.82, 2.24) is 9.80 Å². The van der Waals surface area contributed by atoms with Crippen LogP contribution in [0.5, 0.6) is 11.5 Å². The zero-order valence-corrected chi connectivity index (χ0v) is 14.4. The molecular formula is C19H24N2O4. The number of ether oxygens (including phenoxy) is 3. The summed E-state index contributed by atoms with van der Waals surface area (Å²) in [5.74, 6) is 1.95. The van der Waals surface area contributed by atoms with Crippen LogP contribution in [0.1, 0.15) is 31.2 Å². The second-order valence-electron chi connectivity index (χ2n) is 7.42. The van der Waals surface area contributed by atoms with Crippen molar-refractivity contribution in [1.29, 1.82) is 0 Å². The quantitative estimate of drug-likeness (QED) is 0.836. The Morgan fingerprint density at radius 3 is 2.92 bits per heavy atom. The molecular weight excluding hydrogens is 320 g/mol. The Hall–Kier alpha value is -1.79. The topological polar surface area (TPSA) is 51.2 Å². The summed E-state index contributed by atoms with van der Waals surface area (Å²) in [7, 11) is 0. The maximum Gasteiger partial charge on any atom is 0.231 e. The zero-order valence-electron chi connectivity index (χ0n) is 14.4. The van der Waals surface area contributed by atoms with E-state index in [1.54, 1.807) is 0 Å². The van der Waals surface area contributed by atoms with Gasteiger partial charge in [-0.05, 0) is 37.0 Å². The number of nitrogens with zero attached hydrogens (tertiary/aromatic N) is 2. The van der Waals surface area contributed by atoms with Crippen molar-refractivity contribution in [2.45, 2.75) is 50.4 Å². The SMILES string of the molecule is O=C1CCCN1[C@@H]1CN(Cc2ccc3c(c2)OCO3)[C@@H]2CCCO[C@@H]21. The van der Waals surface area contributed by atoms with E-state index in [9.17, 15) is 4.79 Å². The Balaban J connectivity index is 1.36. The predicted octanol–water partition coefficient (Wildman–Crippen LogP) is 1.77. The lowest BCUT2D eigenvalue weighted by molar-refractivity contribution is -0.132. The monoisotopic (exact) mass is 344 g/mol. The molecule has 6 heteroatoms. The molecule has 134 valence electrons. The molecule has 0 bridgehead atoms. The van der Waals surface area contributed by atoms with E-state index in [0.29, 0.717) is 25.2 Å². The molecule has 5 rings (SSSR count). The number of fused-ring (bicyclic) bond motifs is 2. The van der Waals surface area contributed by atoms with Crippen molar-refractivity contribution in [3.05, 3.63) is 23.8 Å². The van der Waals surface area contributed by atoms with Crippen LogP contribution in [-0.2, 0) is 16.1 Å². The molecule has 25 heavy (non-hydrogen) atoms. The van der Waals surface area contributed by atoms with Crippen molar-refractivity contribution in [2.75, 3.05) is 26.5 Å². The molecule has 4 aliphatic rings.